The zero-order chi connectivity index (χ0) is 13.2. The van der Waals surface area contributed by atoms with E-state index in [2.05, 4.69) is 15.5 Å². The summed E-state index contributed by atoms with van der Waals surface area (Å²) in [5.74, 6) is 0.265. The van der Waals surface area contributed by atoms with Crippen LogP contribution in [-0.2, 0) is 9.59 Å². The van der Waals surface area contributed by atoms with Crippen LogP contribution in [-0.4, -0.2) is 46.5 Å². The van der Waals surface area contributed by atoms with Gasteiger partial charge in [0.2, 0.25) is 11.8 Å². The third-order valence-electron chi connectivity index (χ3n) is 4.02. The summed E-state index contributed by atoms with van der Waals surface area (Å²) in [4.78, 5) is 25.5. The zero-order valence-corrected chi connectivity index (χ0v) is 10.8. The fourth-order valence-corrected chi connectivity index (χ4v) is 2.96. The number of carbonyl (C=O) groups is 2. The van der Waals surface area contributed by atoms with E-state index in [1.807, 2.05) is 11.0 Å². The van der Waals surface area contributed by atoms with Gasteiger partial charge < -0.3 is 10.2 Å². The molecule has 6 heteroatoms. The van der Waals surface area contributed by atoms with Crippen LogP contribution in [0.4, 0.5) is 0 Å². The van der Waals surface area contributed by atoms with Crippen LogP contribution in [0, 0.1) is 5.92 Å². The van der Waals surface area contributed by atoms with Gasteiger partial charge in [-0.05, 0) is 18.9 Å². The number of aromatic amines is 1. The average molecular weight is 262 g/mol. The Morgan fingerprint density at radius 1 is 1.47 bits per heavy atom. The standard InChI is InChI=1S/C13H18N4O2/c18-12-6-10(7-14-12)13(19)17-5-1-2-9(8-17)11-3-4-15-16-11/h3-4,9-10H,1-2,5-8H2,(H,14,18)(H,15,16). The molecule has 2 N–H and O–H groups in total. The van der Waals surface area contributed by atoms with Crippen LogP contribution in [0.15, 0.2) is 12.3 Å². The lowest BCUT2D eigenvalue weighted by Crippen LogP contribution is -2.43. The Morgan fingerprint density at radius 2 is 2.37 bits per heavy atom. The van der Waals surface area contributed by atoms with Gasteiger partial charge in [-0.3, -0.25) is 14.7 Å². The van der Waals surface area contributed by atoms with E-state index in [1.54, 1.807) is 6.20 Å². The lowest BCUT2D eigenvalue weighted by Gasteiger charge is -2.33. The van der Waals surface area contributed by atoms with Crippen molar-refractivity contribution in [2.75, 3.05) is 19.6 Å². The molecule has 2 aliphatic heterocycles. The summed E-state index contributed by atoms with van der Waals surface area (Å²) >= 11 is 0. The fourth-order valence-electron chi connectivity index (χ4n) is 2.96. The highest BCUT2D eigenvalue weighted by Gasteiger charge is 2.34. The molecule has 2 aliphatic rings. The van der Waals surface area contributed by atoms with E-state index in [9.17, 15) is 9.59 Å². The molecule has 3 rings (SSSR count). The molecule has 2 unspecified atom stereocenters. The van der Waals surface area contributed by atoms with Gasteiger partial charge in [0.05, 0.1) is 5.92 Å². The molecule has 2 amide bonds. The Kier molecular flexibility index (Phi) is 3.23. The van der Waals surface area contributed by atoms with E-state index >= 15 is 0 Å². The Bertz CT molecular complexity index is 471. The minimum Gasteiger partial charge on any atom is -0.355 e. The first-order valence-electron chi connectivity index (χ1n) is 6.79. The second-order valence-electron chi connectivity index (χ2n) is 5.34. The highest BCUT2D eigenvalue weighted by molar-refractivity contribution is 5.89. The first-order chi connectivity index (χ1) is 9.24. The predicted octanol–water partition coefficient (Wildman–Crippen LogP) is 0.252. The van der Waals surface area contributed by atoms with E-state index in [0.717, 1.165) is 31.6 Å². The molecule has 0 spiro atoms. The molecular weight excluding hydrogens is 244 g/mol. The minimum absolute atomic E-state index is 0.0134. The van der Waals surface area contributed by atoms with E-state index in [1.165, 1.54) is 0 Å². The lowest BCUT2D eigenvalue weighted by atomic mass is 9.93. The van der Waals surface area contributed by atoms with Gasteiger partial charge in [-0.15, -0.1) is 0 Å². The van der Waals surface area contributed by atoms with E-state index in [0.29, 0.717) is 18.9 Å². The summed E-state index contributed by atoms with van der Waals surface area (Å²) in [5.41, 5.74) is 1.10. The van der Waals surface area contributed by atoms with Gasteiger partial charge in [0.1, 0.15) is 0 Å². The smallest absolute Gasteiger partial charge is 0.228 e. The Hall–Kier alpha value is -1.85. The Balaban J connectivity index is 1.65. The number of carbonyl (C=O) groups excluding carboxylic acids is 2. The van der Waals surface area contributed by atoms with Crippen molar-refractivity contribution in [2.45, 2.75) is 25.2 Å². The number of H-pyrrole nitrogens is 1. The van der Waals surface area contributed by atoms with Crippen LogP contribution >= 0.6 is 0 Å². The maximum Gasteiger partial charge on any atom is 0.228 e. The van der Waals surface area contributed by atoms with Gasteiger partial charge >= 0.3 is 0 Å². The maximum atomic E-state index is 12.4. The fraction of sp³-hybridized carbons (Fsp3) is 0.615. The monoisotopic (exact) mass is 262 g/mol. The van der Waals surface area contributed by atoms with Gasteiger partial charge in [0.25, 0.3) is 0 Å². The van der Waals surface area contributed by atoms with Crippen molar-refractivity contribution in [1.82, 2.24) is 20.4 Å². The van der Waals surface area contributed by atoms with Gasteiger partial charge in [-0.1, -0.05) is 0 Å². The molecule has 0 aromatic carbocycles. The number of nitrogens with zero attached hydrogens (tertiary/aromatic N) is 2. The summed E-state index contributed by atoms with van der Waals surface area (Å²) in [6.07, 6.45) is 4.16. The number of piperidine rings is 1. The van der Waals surface area contributed by atoms with Crippen molar-refractivity contribution in [3.8, 4) is 0 Å². The molecule has 2 fully saturated rings. The molecule has 0 saturated carbocycles. The predicted molar refractivity (Wildman–Crippen MR) is 68.3 cm³/mol. The van der Waals surface area contributed by atoms with Gasteiger partial charge in [-0.2, -0.15) is 5.10 Å². The topological polar surface area (TPSA) is 78.1 Å². The van der Waals surface area contributed by atoms with Gasteiger partial charge in [0, 0.05) is 43.9 Å². The van der Waals surface area contributed by atoms with E-state index in [4.69, 9.17) is 0 Å². The van der Waals surface area contributed by atoms with Crippen molar-refractivity contribution >= 4 is 11.8 Å². The molecule has 19 heavy (non-hydrogen) atoms. The molecule has 1 aromatic heterocycles. The van der Waals surface area contributed by atoms with Crippen molar-refractivity contribution in [1.29, 1.82) is 0 Å². The molecule has 3 heterocycles. The summed E-state index contributed by atoms with van der Waals surface area (Å²) < 4.78 is 0. The third kappa shape index (κ3) is 2.47. The number of hydrogen-bond acceptors (Lipinski definition) is 3. The molecule has 102 valence electrons. The Morgan fingerprint density at radius 3 is 3.05 bits per heavy atom. The number of rotatable bonds is 2. The summed E-state index contributed by atoms with van der Waals surface area (Å²) in [7, 11) is 0. The summed E-state index contributed by atoms with van der Waals surface area (Å²) in [6.45, 7) is 2.02. The highest BCUT2D eigenvalue weighted by atomic mass is 16.2. The van der Waals surface area contributed by atoms with Gasteiger partial charge in [-0.25, -0.2) is 0 Å². The molecule has 1 aromatic rings. The number of amides is 2. The van der Waals surface area contributed by atoms with E-state index in [-0.39, 0.29) is 17.7 Å². The SMILES string of the molecule is O=C1CC(C(=O)N2CCCC(c3ccn[nH]3)C2)CN1. The lowest BCUT2D eigenvalue weighted by molar-refractivity contribution is -0.137. The average Bonchev–Trinajstić information content (AvgIpc) is 3.09. The van der Waals surface area contributed by atoms with Crippen molar-refractivity contribution in [3.63, 3.8) is 0 Å². The summed E-state index contributed by atoms with van der Waals surface area (Å²) in [5, 5.41) is 9.69. The molecule has 0 radical (unpaired) electrons. The van der Waals surface area contributed by atoms with E-state index < -0.39 is 0 Å². The van der Waals surface area contributed by atoms with Crippen LogP contribution in [0.2, 0.25) is 0 Å². The molecule has 0 aliphatic carbocycles. The first-order valence-corrected chi connectivity index (χ1v) is 6.79. The second kappa shape index (κ2) is 5.03. The number of likely N-dealkylation sites (tertiary alicyclic amines) is 1. The minimum atomic E-state index is -0.173. The molecule has 6 nitrogen and oxygen atoms in total. The van der Waals surface area contributed by atoms with Gasteiger partial charge in [0.15, 0.2) is 0 Å². The number of aromatic nitrogens is 2. The quantitative estimate of drug-likeness (QED) is 0.802. The largest absolute Gasteiger partial charge is 0.355 e. The first kappa shape index (κ1) is 12.2. The van der Waals surface area contributed by atoms with Crippen LogP contribution in [0.5, 0.6) is 0 Å². The van der Waals surface area contributed by atoms with Crippen LogP contribution in [0.1, 0.15) is 30.9 Å². The zero-order valence-electron chi connectivity index (χ0n) is 10.8. The molecule has 2 atom stereocenters. The summed E-state index contributed by atoms with van der Waals surface area (Å²) in [6, 6.07) is 1.97. The number of nitrogens with one attached hydrogen (secondary N) is 2. The third-order valence-corrected chi connectivity index (χ3v) is 4.02. The Labute approximate surface area is 111 Å². The molecular formula is C13H18N4O2. The van der Waals surface area contributed by atoms with Crippen molar-refractivity contribution in [3.05, 3.63) is 18.0 Å². The molecule has 2 saturated heterocycles. The molecule has 0 bridgehead atoms. The van der Waals surface area contributed by atoms with Crippen molar-refractivity contribution < 1.29 is 9.59 Å². The van der Waals surface area contributed by atoms with Crippen LogP contribution in [0.3, 0.4) is 0 Å². The van der Waals surface area contributed by atoms with Crippen molar-refractivity contribution in [2.24, 2.45) is 5.92 Å². The van der Waals surface area contributed by atoms with Crippen LogP contribution in [0.25, 0.3) is 0 Å². The normalized spacial score (nSPS) is 27.4. The number of hydrogen-bond donors (Lipinski definition) is 2. The highest BCUT2D eigenvalue weighted by Crippen LogP contribution is 2.26. The second-order valence-corrected chi connectivity index (χ2v) is 5.34. The van der Waals surface area contributed by atoms with Crippen LogP contribution < -0.4 is 5.32 Å². The maximum absolute atomic E-state index is 12.4.